The van der Waals surface area contributed by atoms with E-state index in [1.165, 1.54) is 6.08 Å². The van der Waals surface area contributed by atoms with E-state index in [0.717, 1.165) is 10.5 Å². The maximum Gasteiger partial charge on any atom is 0.296 e. The van der Waals surface area contributed by atoms with Crippen molar-refractivity contribution in [3.8, 4) is 0 Å². The molecule has 1 aliphatic heterocycles. The van der Waals surface area contributed by atoms with Crippen molar-refractivity contribution in [2.75, 3.05) is 6.54 Å². The van der Waals surface area contributed by atoms with E-state index in [2.05, 4.69) is 6.58 Å². The Morgan fingerprint density at radius 2 is 1.83 bits per heavy atom. The smallest absolute Gasteiger partial charge is 0.296 e. The zero-order valence-electron chi connectivity index (χ0n) is 10.0. The molecule has 92 valence electrons. The van der Waals surface area contributed by atoms with Crippen molar-refractivity contribution < 1.29 is 14.7 Å². The highest BCUT2D eigenvalue weighted by atomic mass is 16.3. The second-order valence-electron chi connectivity index (χ2n) is 4.10. The Bertz CT molecular complexity index is 555. The fourth-order valence-electron chi connectivity index (χ4n) is 1.84. The molecule has 4 nitrogen and oxygen atoms in total. The number of aliphatic hydroxyl groups is 1. The van der Waals surface area contributed by atoms with E-state index in [9.17, 15) is 14.7 Å². The second-order valence-corrected chi connectivity index (χ2v) is 4.10. The Morgan fingerprint density at radius 3 is 2.39 bits per heavy atom. The summed E-state index contributed by atoms with van der Waals surface area (Å²) in [6, 6.07) is 7.07. The number of amides is 2. The Balaban J connectivity index is 2.44. The maximum atomic E-state index is 12.0. The molecule has 0 spiro atoms. The Hall–Kier alpha value is -2.36. The zero-order chi connectivity index (χ0) is 13.3. The molecule has 0 bridgehead atoms. The predicted molar refractivity (Wildman–Crippen MR) is 67.6 cm³/mol. The fraction of sp³-hybridized carbons (Fsp3) is 0.143. The second kappa shape index (κ2) is 4.49. The van der Waals surface area contributed by atoms with Gasteiger partial charge in [0.15, 0.2) is 5.76 Å². The Kier molecular flexibility index (Phi) is 3.02. The predicted octanol–water partition coefficient (Wildman–Crippen LogP) is 1.82. The molecule has 0 radical (unpaired) electrons. The van der Waals surface area contributed by atoms with Crippen LogP contribution in [0.25, 0.3) is 5.57 Å². The lowest BCUT2D eigenvalue weighted by Crippen LogP contribution is -2.31. The van der Waals surface area contributed by atoms with Crippen LogP contribution in [0.4, 0.5) is 0 Å². The molecule has 0 saturated carbocycles. The highest BCUT2D eigenvalue weighted by molar-refractivity contribution is 6.34. The lowest BCUT2D eigenvalue weighted by molar-refractivity contribution is -0.137. The van der Waals surface area contributed by atoms with Crippen molar-refractivity contribution in [2.45, 2.75) is 6.92 Å². The molecular formula is C14H13NO3. The first kappa shape index (κ1) is 12.1. The molecule has 4 heteroatoms. The molecule has 2 amide bonds. The molecule has 1 aromatic rings. The topological polar surface area (TPSA) is 57.6 Å². The molecule has 18 heavy (non-hydrogen) atoms. The van der Waals surface area contributed by atoms with Crippen LogP contribution in [0.5, 0.6) is 0 Å². The van der Waals surface area contributed by atoms with Crippen LogP contribution in [0.2, 0.25) is 0 Å². The van der Waals surface area contributed by atoms with Gasteiger partial charge in [0, 0.05) is 6.54 Å². The molecule has 0 atom stereocenters. The van der Waals surface area contributed by atoms with Crippen molar-refractivity contribution >= 4 is 17.4 Å². The maximum absolute atomic E-state index is 12.0. The van der Waals surface area contributed by atoms with Crippen LogP contribution in [0.1, 0.15) is 11.1 Å². The number of carbonyl (C=O) groups excluding carboxylic acids is 2. The molecule has 0 aromatic heterocycles. The number of carbonyl (C=O) groups is 2. The average molecular weight is 243 g/mol. The van der Waals surface area contributed by atoms with Crippen LogP contribution >= 0.6 is 0 Å². The molecule has 1 N–H and O–H groups in total. The van der Waals surface area contributed by atoms with Crippen LogP contribution in [0.3, 0.4) is 0 Å². The number of benzene rings is 1. The first-order valence-electron chi connectivity index (χ1n) is 5.53. The first-order valence-corrected chi connectivity index (χ1v) is 5.53. The highest BCUT2D eigenvalue weighted by Gasteiger charge is 2.38. The van der Waals surface area contributed by atoms with Crippen LogP contribution in [-0.2, 0) is 9.59 Å². The minimum atomic E-state index is -0.671. The number of rotatable bonds is 3. The first-order chi connectivity index (χ1) is 8.56. The SMILES string of the molecule is C=CCN1C(=O)C(O)=C(c2ccc(C)cc2)C1=O. The van der Waals surface area contributed by atoms with Crippen LogP contribution in [-0.4, -0.2) is 28.4 Å². The van der Waals surface area contributed by atoms with Crippen molar-refractivity contribution in [2.24, 2.45) is 0 Å². The van der Waals surface area contributed by atoms with E-state index in [4.69, 9.17) is 0 Å². The minimum Gasteiger partial charge on any atom is -0.502 e. The summed E-state index contributed by atoms with van der Waals surface area (Å²) in [5.74, 6) is -1.65. The summed E-state index contributed by atoms with van der Waals surface area (Å²) in [6.07, 6.45) is 1.45. The van der Waals surface area contributed by atoms with Gasteiger partial charge in [0.1, 0.15) is 0 Å². The van der Waals surface area contributed by atoms with Crippen LogP contribution < -0.4 is 0 Å². The van der Waals surface area contributed by atoms with E-state index in [-0.39, 0.29) is 12.1 Å². The normalized spacial score (nSPS) is 15.5. The summed E-state index contributed by atoms with van der Waals surface area (Å²) in [5, 5.41) is 9.78. The van der Waals surface area contributed by atoms with E-state index in [1.807, 2.05) is 19.1 Å². The number of hydrogen-bond donors (Lipinski definition) is 1. The van der Waals surface area contributed by atoms with Gasteiger partial charge in [-0.1, -0.05) is 35.9 Å². The third-order valence-corrected chi connectivity index (χ3v) is 2.80. The van der Waals surface area contributed by atoms with E-state index >= 15 is 0 Å². The van der Waals surface area contributed by atoms with Gasteiger partial charge in [-0.15, -0.1) is 6.58 Å². The van der Waals surface area contributed by atoms with Gasteiger partial charge in [-0.25, -0.2) is 0 Å². The van der Waals surface area contributed by atoms with E-state index in [0.29, 0.717) is 5.56 Å². The largest absolute Gasteiger partial charge is 0.502 e. The van der Waals surface area contributed by atoms with Gasteiger partial charge in [0.2, 0.25) is 0 Å². The number of aliphatic hydroxyl groups excluding tert-OH is 1. The van der Waals surface area contributed by atoms with E-state index in [1.54, 1.807) is 12.1 Å². The van der Waals surface area contributed by atoms with Crippen LogP contribution in [0.15, 0.2) is 42.7 Å². The third kappa shape index (κ3) is 1.82. The van der Waals surface area contributed by atoms with Gasteiger partial charge < -0.3 is 5.11 Å². The summed E-state index contributed by atoms with van der Waals surface area (Å²) in [4.78, 5) is 24.7. The quantitative estimate of drug-likeness (QED) is 0.650. The van der Waals surface area contributed by atoms with Gasteiger partial charge in [-0.3, -0.25) is 14.5 Å². The van der Waals surface area contributed by atoms with Crippen molar-refractivity contribution in [1.82, 2.24) is 4.90 Å². The zero-order valence-corrected chi connectivity index (χ0v) is 10.0. The third-order valence-electron chi connectivity index (χ3n) is 2.80. The molecule has 0 fully saturated rings. The van der Waals surface area contributed by atoms with Gasteiger partial charge in [0.25, 0.3) is 11.8 Å². The summed E-state index contributed by atoms with van der Waals surface area (Å²) in [6.45, 7) is 5.50. The molecule has 0 unspecified atom stereocenters. The van der Waals surface area contributed by atoms with Gasteiger partial charge in [0.05, 0.1) is 5.57 Å². The van der Waals surface area contributed by atoms with Gasteiger partial charge in [-0.05, 0) is 12.5 Å². The fourth-order valence-corrected chi connectivity index (χ4v) is 1.84. The van der Waals surface area contributed by atoms with Crippen LogP contribution in [0, 0.1) is 6.92 Å². The number of aryl methyl sites for hydroxylation is 1. The lowest BCUT2D eigenvalue weighted by Gasteiger charge is -2.11. The summed E-state index contributed by atoms with van der Waals surface area (Å²) in [5.41, 5.74) is 1.64. The molecule has 1 aromatic carbocycles. The molecule has 0 saturated heterocycles. The standard InChI is InChI=1S/C14H13NO3/c1-3-8-15-13(17)11(12(16)14(15)18)10-6-4-9(2)5-7-10/h3-7,16H,1,8H2,2H3. The van der Waals surface area contributed by atoms with Crippen molar-refractivity contribution in [3.05, 3.63) is 53.8 Å². The van der Waals surface area contributed by atoms with Crippen molar-refractivity contribution in [1.29, 1.82) is 0 Å². The molecular weight excluding hydrogens is 230 g/mol. The Labute approximate surface area is 105 Å². The minimum absolute atomic E-state index is 0.0573. The number of nitrogens with zero attached hydrogens (tertiary/aromatic N) is 1. The lowest BCUT2D eigenvalue weighted by atomic mass is 10.0. The highest BCUT2D eigenvalue weighted by Crippen LogP contribution is 2.27. The van der Waals surface area contributed by atoms with Gasteiger partial charge in [-0.2, -0.15) is 0 Å². The molecule has 0 aliphatic carbocycles. The monoisotopic (exact) mass is 243 g/mol. The van der Waals surface area contributed by atoms with E-state index < -0.39 is 17.6 Å². The summed E-state index contributed by atoms with van der Waals surface area (Å²) < 4.78 is 0. The van der Waals surface area contributed by atoms with Gasteiger partial charge >= 0.3 is 0 Å². The van der Waals surface area contributed by atoms with Crippen molar-refractivity contribution in [3.63, 3.8) is 0 Å². The summed E-state index contributed by atoms with van der Waals surface area (Å²) in [7, 11) is 0. The number of imide groups is 1. The summed E-state index contributed by atoms with van der Waals surface area (Å²) >= 11 is 0. The molecule has 1 aliphatic rings. The average Bonchev–Trinajstić information content (AvgIpc) is 2.56. The Morgan fingerprint density at radius 1 is 1.22 bits per heavy atom. The molecule has 2 rings (SSSR count). The molecule has 1 heterocycles. The number of hydrogen-bond acceptors (Lipinski definition) is 3.